The molecule has 1 rings (SSSR count). The highest BCUT2D eigenvalue weighted by molar-refractivity contribution is 7.89. The van der Waals surface area contributed by atoms with Crippen molar-refractivity contribution in [2.24, 2.45) is 5.41 Å². The number of esters is 1. The summed E-state index contributed by atoms with van der Waals surface area (Å²) in [6.07, 6.45) is 0. The average Bonchev–Trinajstić information content (AvgIpc) is 2.50. The molecule has 0 bridgehead atoms. The van der Waals surface area contributed by atoms with Crippen molar-refractivity contribution in [3.05, 3.63) is 29.8 Å². The van der Waals surface area contributed by atoms with Crippen molar-refractivity contribution in [3.8, 4) is 0 Å². The zero-order valence-electron chi connectivity index (χ0n) is 13.8. The molecule has 0 fully saturated rings. The Balaban J connectivity index is 3.10. The van der Waals surface area contributed by atoms with Crippen LogP contribution in [0.15, 0.2) is 29.2 Å². The van der Waals surface area contributed by atoms with Crippen LogP contribution in [0.1, 0.15) is 31.1 Å². The quantitative estimate of drug-likeness (QED) is 0.775. The van der Waals surface area contributed by atoms with Crippen molar-refractivity contribution in [2.45, 2.75) is 31.7 Å². The molecular weight excluding hydrogens is 320 g/mol. The Bertz CT molecular complexity index is 675. The maximum Gasteiger partial charge on any atom is 0.324 e. The van der Waals surface area contributed by atoms with Gasteiger partial charge in [-0.25, -0.2) is 8.42 Å². The molecule has 0 spiro atoms. The summed E-state index contributed by atoms with van der Waals surface area (Å²) in [4.78, 5) is 23.3. The van der Waals surface area contributed by atoms with Crippen molar-refractivity contribution in [2.75, 3.05) is 14.2 Å². The molecule has 23 heavy (non-hydrogen) atoms. The molecule has 0 saturated carbocycles. The largest absolute Gasteiger partial charge is 0.468 e. The number of ether oxygens (including phenoxy) is 1. The van der Waals surface area contributed by atoms with Gasteiger partial charge in [0.05, 0.1) is 12.0 Å². The number of carbonyl (C=O) groups is 2. The summed E-state index contributed by atoms with van der Waals surface area (Å²) in [6, 6.07) is 4.39. The zero-order valence-corrected chi connectivity index (χ0v) is 14.7. The van der Waals surface area contributed by atoms with Gasteiger partial charge in [0.2, 0.25) is 10.0 Å². The van der Waals surface area contributed by atoms with Crippen LogP contribution < -0.4 is 10.0 Å². The lowest BCUT2D eigenvalue weighted by Gasteiger charge is -2.28. The van der Waals surface area contributed by atoms with Crippen LogP contribution in [0, 0.1) is 5.41 Å². The third-order valence-corrected chi connectivity index (χ3v) is 4.67. The molecule has 0 aliphatic heterocycles. The topological polar surface area (TPSA) is 102 Å². The number of hydrogen-bond donors (Lipinski definition) is 2. The van der Waals surface area contributed by atoms with Crippen LogP contribution in [0.25, 0.3) is 0 Å². The molecule has 0 aliphatic rings. The highest BCUT2D eigenvalue weighted by atomic mass is 32.2. The molecule has 1 atom stereocenters. The molecule has 1 amide bonds. The first-order valence-electron chi connectivity index (χ1n) is 6.95. The predicted octanol–water partition coefficient (Wildman–Crippen LogP) is 0.912. The molecule has 0 aromatic heterocycles. The Labute approximate surface area is 136 Å². The Morgan fingerprint density at radius 2 is 1.65 bits per heavy atom. The van der Waals surface area contributed by atoms with Gasteiger partial charge < -0.3 is 10.1 Å². The van der Waals surface area contributed by atoms with Crippen molar-refractivity contribution >= 4 is 21.9 Å². The molecule has 0 unspecified atom stereocenters. The third kappa shape index (κ3) is 4.77. The van der Waals surface area contributed by atoms with Crippen molar-refractivity contribution in [3.63, 3.8) is 0 Å². The lowest BCUT2D eigenvalue weighted by atomic mass is 9.87. The fraction of sp³-hybridized carbons (Fsp3) is 0.467. The molecule has 0 saturated heterocycles. The van der Waals surface area contributed by atoms with E-state index in [1.807, 2.05) is 0 Å². The summed E-state index contributed by atoms with van der Waals surface area (Å²) in [6.45, 7) is 5.18. The summed E-state index contributed by atoms with van der Waals surface area (Å²) >= 11 is 0. The van der Waals surface area contributed by atoms with Gasteiger partial charge in [0, 0.05) is 12.6 Å². The van der Waals surface area contributed by atoms with E-state index in [2.05, 4.69) is 14.8 Å². The van der Waals surface area contributed by atoms with E-state index in [1.54, 1.807) is 20.8 Å². The summed E-state index contributed by atoms with van der Waals surface area (Å²) in [5.74, 6) is -0.980. The van der Waals surface area contributed by atoms with E-state index in [9.17, 15) is 18.0 Å². The molecule has 0 heterocycles. The average molecular weight is 342 g/mol. The number of methoxy groups -OCH3 is 1. The number of rotatable bonds is 5. The third-order valence-electron chi connectivity index (χ3n) is 3.23. The normalized spacial score (nSPS) is 13.3. The fourth-order valence-corrected chi connectivity index (χ4v) is 3.24. The van der Waals surface area contributed by atoms with Crippen molar-refractivity contribution in [1.82, 2.24) is 10.0 Å². The van der Waals surface area contributed by atoms with Crippen LogP contribution in [0.2, 0.25) is 0 Å². The van der Waals surface area contributed by atoms with Gasteiger partial charge in [0.1, 0.15) is 6.04 Å². The molecule has 1 aromatic carbocycles. The Morgan fingerprint density at radius 3 is 2.04 bits per heavy atom. The maximum atomic E-state index is 12.4. The van der Waals surface area contributed by atoms with Crippen LogP contribution in [0.4, 0.5) is 0 Å². The Morgan fingerprint density at radius 1 is 1.13 bits per heavy atom. The lowest BCUT2D eigenvalue weighted by Crippen LogP contribution is -2.49. The minimum absolute atomic E-state index is 0.0386. The second-order valence-corrected chi connectivity index (χ2v) is 7.76. The molecule has 0 aliphatic carbocycles. The second-order valence-electron chi connectivity index (χ2n) is 6.05. The van der Waals surface area contributed by atoms with Crippen molar-refractivity contribution in [1.29, 1.82) is 0 Å². The molecule has 8 heteroatoms. The summed E-state index contributed by atoms with van der Waals surface area (Å²) < 4.78 is 31.9. The molecule has 2 N–H and O–H groups in total. The SMILES string of the molecule is CNC(=O)c1ccc(S(=O)(=O)N[C@@H](C(=O)OC)C(C)(C)C)cc1. The van der Waals surface area contributed by atoms with E-state index < -0.39 is 27.4 Å². The maximum absolute atomic E-state index is 12.4. The lowest BCUT2D eigenvalue weighted by molar-refractivity contribution is -0.145. The number of sulfonamides is 1. The standard InChI is InChI=1S/C15H22N2O5S/c1-15(2,3)12(14(19)22-5)17-23(20,21)11-8-6-10(7-9-11)13(18)16-4/h6-9,12,17H,1-5H3,(H,16,18)/t12-/m0/s1. The van der Waals surface area contributed by atoms with Gasteiger partial charge in [0.25, 0.3) is 5.91 Å². The molecule has 128 valence electrons. The van der Waals surface area contributed by atoms with Gasteiger partial charge in [-0.15, -0.1) is 0 Å². The minimum Gasteiger partial charge on any atom is -0.468 e. The minimum atomic E-state index is -3.93. The fourth-order valence-electron chi connectivity index (χ4n) is 1.85. The molecule has 1 aromatic rings. The van der Waals surface area contributed by atoms with Gasteiger partial charge >= 0.3 is 5.97 Å². The van der Waals surface area contributed by atoms with Crippen LogP contribution in [0.5, 0.6) is 0 Å². The molecule has 0 radical (unpaired) electrons. The first-order chi connectivity index (χ1) is 10.5. The van der Waals surface area contributed by atoms with E-state index >= 15 is 0 Å². The van der Waals surface area contributed by atoms with E-state index in [1.165, 1.54) is 38.4 Å². The van der Waals surface area contributed by atoms with Gasteiger partial charge in [-0.3, -0.25) is 9.59 Å². The van der Waals surface area contributed by atoms with E-state index in [4.69, 9.17) is 0 Å². The van der Waals surface area contributed by atoms with Gasteiger partial charge in [-0.1, -0.05) is 20.8 Å². The summed E-state index contributed by atoms with van der Waals surface area (Å²) in [5.41, 5.74) is -0.325. The van der Waals surface area contributed by atoms with Crippen molar-refractivity contribution < 1.29 is 22.7 Å². The van der Waals surface area contributed by atoms with Crippen LogP contribution in [0.3, 0.4) is 0 Å². The Kier molecular flexibility index (Phi) is 5.90. The highest BCUT2D eigenvalue weighted by Crippen LogP contribution is 2.22. The number of amides is 1. The highest BCUT2D eigenvalue weighted by Gasteiger charge is 2.36. The zero-order chi connectivity index (χ0) is 17.8. The summed E-state index contributed by atoms with van der Waals surface area (Å²) in [7, 11) is -1.24. The number of carbonyl (C=O) groups excluding carboxylic acids is 2. The Hall–Kier alpha value is -1.93. The first kappa shape index (κ1) is 19.1. The van der Waals surface area contributed by atoms with Crippen LogP contribution in [-0.4, -0.2) is 40.5 Å². The van der Waals surface area contributed by atoms with Crippen LogP contribution >= 0.6 is 0 Å². The molecular formula is C15H22N2O5S. The number of hydrogen-bond acceptors (Lipinski definition) is 5. The van der Waals surface area contributed by atoms with Gasteiger partial charge in [-0.2, -0.15) is 4.72 Å². The predicted molar refractivity (Wildman–Crippen MR) is 85.4 cm³/mol. The second kappa shape index (κ2) is 7.10. The van der Waals surface area contributed by atoms with E-state index in [0.29, 0.717) is 5.56 Å². The first-order valence-corrected chi connectivity index (χ1v) is 8.43. The van der Waals surface area contributed by atoms with E-state index in [-0.39, 0.29) is 10.8 Å². The summed E-state index contributed by atoms with van der Waals surface area (Å²) in [5, 5.41) is 2.45. The number of nitrogens with one attached hydrogen (secondary N) is 2. The number of benzene rings is 1. The van der Waals surface area contributed by atoms with Crippen LogP contribution in [-0.2, 0) is 19.6 Å². The molecule has 7 nitrogen and oxygen atoms in total. The van der Waals surface area contributed by atoms with E-state index in [0.717, 1.165) is 0 Å². The monoisotopic (exact) mass is 342 g/mol. The smallest absolute Gasteiger partial charge is 0.324 e. The van der Waals surface area contributed by atoms with Gasteiger partial charge in [0.15, 0.2) is 0 Å². The van der Waals surface area contributed by atoms with Gasteiger partial charge in [-0.05, 0) is 29.7 Å².